The van der Waals surface area contributed by atoms with Crippen LogP contribution < -0.4 is 5.46 Å². The Bertz CT molecular complexity index is 1720. The summed E-state index contributed by atoms with van der Waals surface area (Å²) in [6.07, 6.45) is 1.82. The average molecular weight is 479 g/mol. The van der Waals surface area contributed by atoms with Crippen molar-refractivity contribution in [3.05, 3.63) is 121 Å². The molecule has 0 aliphatic heterocycles. The average Bonchev–Trinajstić information content (AvgIpc) is 2.97. The Morgan fingerprint density at radius 2 is 1.19 bits per heavy atom. The van der Waals surface area contributed by atoms with Gasteiger partial charge in [-0.05, 0) is 34.8 Å². The molecule has 0 radical (unpaired) electrons. The number of pyridine rings is 1. The van der Waals surface area contributed by atoms with Gasteiger partial charge in [0.25, 0.3) is 0 Å². The first kappa shape index (κ1) is 22.8. The SMILES string of the molecule is OB(O)c1cccc(-c2cc(-c3cccc(-c4cccc5cccnc45)c3)nc(-c3ccccc3)n2)c1. The maximum atomic E-state index is 9.69. The van der Waals surface area contributed by atoms with Crippen molar-refractivity contribution in [2.24, 2.45) is 0 Å². The number of nitrogens with zero attached hydrogens (tertiary/aromatic N) is 3. The Labute approximate surface area is 214 Å². The van der Waals surface area contributed by atoms with E-state index >= 15 is 0 Å². The molecule has 5 nitrogen and oxygen atoms in total. The third-order valence-corrected chi connectivity index (χ3v) is 6.34. The monoisotopic (exact) mass is 479 g/mol. The van der Waals surface area contributed by atoms with Crippen molar-refractivity contribution in [1.29, 1.82) is 0 Å². The molecular formula is C31H22BN3O2. The third-order valence-electron chi connectivity index (χ3n) is 6.34. The second-order valence-corrected chi connectivity index (χ2v) is 8.79. The number of hydrogen-bond acceptors (Lipinski definition) is 5. The summed E-state index contributed by atoms with van der Waals surface area (Å²) < 4.78 is 0. The molecular weight excluding hydrogens is 457 g/mol. The lowest BCUT2D eigenvalue weighted by atomic mass is 9.79. The molecule has 176 valence electrons. The molecule has 4 aromatic carbocycles. The summed E-state index contributed by atoms with van der Waals surface area (Å²) in [7, 11) is -1.55. The number of hydrogen-bond donors (Lipinski definition) is 2. The first-order chi connectivity index (χ1) is 18.2. The van der Waals surface area contributed by atoms with Crippen molar-refractivity contribution in [2.75, 3.05) is 0 Å². The second-order valence-electron chi connectivity index (χ2n) is 8.79. The van der Waals surface area contributed by atoms with Gasteiger partial charge in [0.05, 0.1) is 16.9 Å². The topological polar surface area (TPSA) is 79.1 Å². The van der Waals surface area contributed by atoms with Gasteiger partial charge in [-0.1, -0.05) is 97.1 Å². The first-order valence-corrected chi connectivity index (χ1v) is 12.0. The van der Waals surface area contributed by atoms with E-state index in [0.717, 1.165) is 44.4 Å². The van der Waals surface area contributed by atoms with Crippen LogP contribution in [0, 0.1) is 0 Å². The number of benzene rings is 4. The Balaban J connectivity index is 1.52. The summed E-state index contributed by atoms with van der Waals surface area (Å²) in [5.74, 6) is 0.597. The van der Waals surface area contributed by atoms with E-state index in [1.807, 2.05) is 72.9 Å². The van der Waals surface area contributed by atoms with Gasteiger partial charge >= 0.3 is 7.12 Å². The van der Waals surface area contributed by atoms with E-state index in [2.05, 4.69) is 35.3 Å². The highest BCUT2D eigenvalue weighted by Crippen LogP contribution is 2.32. The molecule has 6 rings (SSSR count). The zero-order chi connectivity index (χ0) is 25.2. The molecule has 0 aliphatic rings. The second kappa shape index (κ2) is 9.78. The highest BCUT2D eigenvalue weighted by molar-refractivity contribution is 6.58. The Kier molecular flexibility index (Phi) is 6.02. The van der Waals surface area contributed by atoms with Crippen molar-refractivity contribution < 1.29 is 10.0 Å². The van der Waals surface area contributed by atoms with Crippen LogP contribution in [-0.2, 0) is 0 Å². The summed E-state index contributed by atoms with van der Waals surface area (Å²) in [6.45, 7) is 0. The highest BCUT2D eigenvalue weighted by Gasteiger charge is 2.15. The van der Waals surface area contributed by atoms with Crippen molar-refractivity contribution >= 4 is 23.5 Å². The molecule has 0 unspecified atom stereocenters. The van der Waals surface area contributed by atoms with Gasteiger partial charge in [-0.25, -0.2) is 9.97 Å². The number of rotatable bonds is 5. The van der Waals surface area contributed by atoms with Crippen molar-refractivity contribution in [2.45, 2.75) is 0 Å². The molecule has 6 aromatic rings. The molecule has 0 spiro atoms. The number of para-hydroxylation sites is 1. The predicted octanol–water partition coefficient (Wildman–Crippen LogP) is 5.37. The molecule has 0 amide bonds. The van der Waals surface area contributed by atoms with E-state index in [4.69, 9.17) is 9.97 Å². The van der Waals surface area contributed by atoms with E-state index in [0.29, 0.717) is 17.0 Å². The lowest BCUT2D eigenvalue weighted by molar-refractivity contribution is 0.426. The van der Waals surface area contributed by atoms with Crippen LogP contribution in [0.25, 0.3) is 55.9 Å². The molecule has 0 saturated carbocycles. The fourth-order valence-corrected chi connectivity index (χ4v) is 4.50. The maximum Gasteiger partial charge on any atom is 0.488 e. The number of fused-ring (bicyclic) bond motifs is 1. The molecule has 37 heavy (non-hydrogen) atoms. The van der Waals surface area contributed by atoms with Crippen LogP contribution in [0.15, 0.2) is 121 Å². The summed E-state index contributed by atoms with van der Waals surface area (Å²) in [5, 5.41) is 20.5. The van der Waals surface area contributed by atoms with Crippen LogP contribution in [0.3, 0.4) is 0 Å². The van der Waals surface area contributed by atoms with Crippen molar-refractivity contribution in [3.63, 3.8) is 0 Å². The summed E-state index contributed by atoms with van der Waals surface area (Å²) in [4.78, 5) is 14.4. The molecule has 2 heterocycles. The molecule has 0 saturated heterocycles. The highest BCUT2D eigenvalue weighted by atomic mass is 16.4. The standard InChI is InChI=1S/C31H22BN3O2/c36-32(37)26-15-5-13-25(19-26)29-20-28(34-31(35-29)22-8-2-1-3-9-22)24-12-4-11-23(18-24)27-16-6-10-21-14-7-17-33-30(21)27/h1-20,36-37H. The molecule has 0 bridgehead atoms. The van der Waals surface area contributed by atoms with Gasteiger partial charge in [0.2, 0.25) is 0 Å². The Morgan fingerprint density at radius 1 is 0.541 bits per heavy atom. The van der Waals surface area contributed by atoms with Crippen LogP contribution in [0.1, 0.15) is 0 Å². The molecule has 0 atom stereocenters. The van der Waals surface area contributed by atoms with Crippen LogP contribution >= 0.6 is 0 Å². The van der Waals surface area contributed by atoms with Gasteiger partial charge < -0.3 is 10.0 Å². The Morgan fingerprint density at radius 3 is 1.97 bits per heavy atom. The minimum absolute atomic E-state index is 0.407. The summed E-state index contributed by atoms with van der Waals surface area (Å²) in [6, 6.07) is 37.4. The lowest BCUT2D eigenvalue weighted by Gasteiger charge is -2.12. The smallest absolute Gasteiger partial charge is 0.423 e. The lowest BCUT2D eigenvalue weighted by Crippen LogP contribution is -2.29. The van der Waals surface area contributed by atoms with Crippen LogP contribution in [-0.4, -0.2) is 32.1 Å². The van der Waals surface area contributed by atoms with Gasteiger partial charge in [0, 0.05) is 28.3 Å². The minimum atomic E-state index is -1.55. The normalized spacial score (nSPS) is 11.0. The fourth-order valence-electron chi connectivity index (χ4n) is 4.50. The van der Waals surface area contributed by atoms with Crippen LogP contribution in [0.4, 0.5) is 0 Å². The largest absolute Gasteiger partial charge is 0.488 e. The van der Waals surface area contributed by atoms with Crippen molar-refractivity contribution in [3.8, 4) is 45.0 Å². The summed E-state index contributed by atoms with van der Waals surface area (Å²) in [5.41, 5.74) is 7.57. The molecule has 6 heteroatoms. The van der Waals surface area contributed by atoms with E-state index < -0.39 is 7.12 Å². The molecule has 2 aromatic heterocycles. The molecule has 0 aliphatic carbocycles. The zero-order valence-corrected chi connectivity index (χ0v) is 19.9. The van der Waals surface area contributed by atoms with E-state index in [9.17, 15) is 10.0 Å². The van der Waals surface area contributed by atoms with Gasteiger partial charge in [0.1, 0.15) is 0 Å². The van der Waals surface area contributed by atoms with Gasteiger partial charge in [0.15, 0.2) is 5.82 Å². The minimum Gasteiger partial charge on any atom is -0.423 e. The van der Waals surface area contributed by atoms with Gasteiger partial charge in [-0.2, -0.15) is 0 Å². The van der Waals surface area contributed by atoms with E-state index in [-0.39, 0.29) is 0 Å². The van der Waals surface area contributed by atoms with E-state index in [1.165, 1.54) is 0 Å². The fraction of sp³-hybridized carbons (Fsp3) is 0. The first-order valence-electron chi connectivity index (χ1n) is 12.0. The number of aromatic nitrogens is 3. The van der Waals surface area contributed by atoms with Gasteiger partial charge in [-0.15, -0.1) is 0 Å². The summed E-state index contributed by atoms with van der Waals surface area (Å²) >= 11 is 0. The van der Waals surface area contributed by atoms with Crippen molar-refractivity contribution in [1.82, 2.24) is 15.0 Å². The molecule has 2 N–H and O–H groups in total. The van der Waals surface area contributed by atoms with Gasteiger partial charge in [-0.3, -0.25) is 4.98 Å². The molecule has 0 fully saturated rings. The van der Waals surface area contributed by atoms with Crippen LogP contribution in [0.2, 0.25) is 0 Å². The maximum absolute atomic E-state index is 9.69. The third kappa shape index (κ3) is 4.63. The Hall–Kier alpha value is -4.65. The quantitative estimate of drug-likeness (QED) is 0.325. The zero-order valence-electron chi connectivity index (χ0n) is 19.9. The predicted molar refractivity (Wildman–Crippen MR) is 149 cm³/mol. The van der Waals surface area contributed by atoms with Crippen LogP contribution in [0.5, 0.6) is 0 Å². The van der Waals surface area contributed by atoms with E-state index in [1.54, 1.807) is 18.2 Å².